The van der Waals surface area contributed by atoms with Crippen LogP contribution in [-0.2, 0) is 53.3 Å². The second-order valence-electron chi connectivity index (χ2n) is 17.3. The molecule has 2 N–H and O–H groups in total. The molecule has 16 nitrogen and oxygen atoms in total. The zero-order chi connectivity index (χ0) is 43.8. The lowest BCUT2D eigenvalue weighted by molar-refractivity contribution is -0.155. The summed E-state index contributed by atoms with van der Waals surface area (Å²) in [5, 5.41) is 8.81. The van der Waals surface area contributed by atoms with Crippen molar-refractivity contribution in [3.05, 3.63) is 64.9 Å². The van der Waals surface area contributed by atoms with E-state index in [9.17, 15) is 27.6 Å². The van der Waals surface area contributed by atoms with E-state index in [-0.39, 0.29) is 37.9 Å². The number of thiazole rings is 1. The first-order valence-electron chi connectivity index (χ1n) is 20.8. The molecule has 2 saturated heterocycles. The van der Waals surface area contributed by atoms with Crippen molar-refractivity contribution >= 4 is 56.0 Å². The molecule has 18 heteroatoms. The van der Waals surface area contributed by atoms with Gasteiger partial charge in [0.05, 0.1) is 28.9 Å². The lowest BCUT2D eigenvalue weighted by atomic mass is 9.84. The Morgan fingerprint density at radius 3 is 2.61 bits per heavy atom. The highest BCUT2D eigenvalue weighted by Gasteiger charge is 2.41. The third kappa shape index (κ3) is 9.13. The van der Waals surface area contributed by atoms with Crippen molar-refractivity contribution in [1.29, 1.82) is 0 Å². The van der Waals surface area contributed by atoms with Gasteiger partial charge in [-0.15, -0.1) is 11.3 Å². The molecule has 3 aromatic heterocycles. The van der Waals surface area contributed by atoms with Gasteiger partial charge in [-0.3, -0.25) is 24.2 Å². The largest absolute Gasteiger partial charge is 0.464 e. The van der Waals surface area contributed by atoms with Crippen molar-refractivity contribution in [3.8, 4) is 22.5 Å². The highest BCUT2D eigenvalue weighted by atomic mass is 32.2. The Morgan fingerprint density at radius 1 is 1.15 bits per heavy atom. The average molecular weight is 874 g/mol. The third-order valence-electron chi connectivity index (χ3n) is 11.9. The van der Waals surface area contributed by atoms with E-state index in [4.69, 9.17) is 9.72 Å². The van der Waals surface area contributed by atoms with Crippen molar-refractivity contribution in [3.63, 3.8) is 0 Å². The van der Waals surface area contributed by atoms with Crippen LogP contribution < -0.4 is 10.7 Å². The molecule has 61 heavy (non-hydrogen) atoms. The molecule has 326 valence electrons. The van der Waals surface area contributed by atoms with Crippen LogP contribution in [0.2, 0.25) is 0 Å². The predicted octanol–water partition coefficient (Wildman–Crippen LogP) is 4.17. The SMILES string of the molecule is C=CS(=O)(=O)N1CC[C@H](C(=O)N(C)C(C(=O)N[C@H]2Cc3nc(cs3)-c3ccc4c(c3)c(c(-c3cncnc3)n4CC)CC(C)(C)COC(=O)[C@@H]3CCCN(N3)C2=O)C(C)C)C1. The molecule has 0 saturated carbocycles. The normalized spacial score (nSPS) is 21.8. The van der Waals surface area contributed by atoms with Gasteiger partial charge in [-0.05, 0) is 56.2 Å². The number of benzene rings is 1. The summed E-state index contributed by atoms with van der Waals surface area (Å²) in [7, 11) is -2.17. The number of aryl methyl sites for hydroxylation is 1. The molecule has 3 amide bonds. The van der Waals surface area contributed by atoms with Crippen molar-refractivity contribution in [2.75, 3.05) is 33.3 Å². The topological polar surface area (TPSA) is 189 Å². The molecule has 0 radical (unpaired) electrons. The van der Waals surface area contributed by atoms with Crippen LogP contribution in [0.3, 0.4) is 0 Å². The van der Waals surface area contributed by atoms with Crippen LogP contribution in [0.1, 0.15) is 64.5 Å². The number of esters is 1. The van der Waals surface area contributed by atoms with Gasteiger partial charge < -0.3 is 19.5 Å². The first-order valence-corrected chi connectivity index (χ1v) is 23.2. The van der Waals surface area contributed by atoms with E-state index >= 15 is 0 Å². The van der Waals surface area contributed by atoms with E-state index in [2.05, 4.69) is 64.8 Å². The molecule has 3 aliphatic heterocycles. The van der Waals surface area contributed by atoms with Gasteiger partial charge in [0.15, 0.2) is 0 Å². The Kier molecular flexibility index (Phi) is 12.8. The molecule has 0 aliphatic carbocycles. The van der Waals surface area contributed by atoms with Crippen molar-refractivity contribution < 1.29 is 32.3 Å². The van der Waals surface area contributed by atoms with Crippen LogP contribution in [-0.4, -0.2) is 117 Å². The van der Waals surface area contributed by atoms with Gasteiger partial charge in [-0.2, -0.15) is 4.31 Å². The zero-order valence-electron chi connectivity index (χ0n) is 35.6. The molecule has 1 unspecified atom stereocenters. The number of cyclic esters (lactones) is 1. The summed E-state index contributed by atoms with van der Waals surface area (Å²) >= 11 is 1.38. The minimum atomic E-state index is -3.70. The van der Waals surface area contributed by atoms with E-state index in [1.165, 1.54) is 38.9 Å². The molecule has 4 atom stereocenters. The minimum Gasteiger partial charge on any atom is -0.464 e. The van der Waals surface area contributed by atoms with Crippen molar-refractivity contribution in [1.82, 2.24) is 44.5 Å². The number of nitrogens with one attached hydrogen (secondary N) is 2. The molecule has 1 aromatic carbocycles. The Morgan fingerprint density at radius 2 is 1.90 bits per heavy atom. The molecule has 2 fully saturated rings. The summed E-state index contributed by atoms with van der Waals surface area (Å²) in [6, 6.07) is 3.38. The molecule has 3 aliphatic rings. The number of amides is 3. The maximum atomic E-state index is 14.5. The van der Waals surface area contributed by atoms with E-state index in [0.29, 0.717) is 43.8 Å². The monoisotopic (exact) mass is 873 g/mol. The van der Waals surface area contributed by atoms with Gasteiger partial charge in [0, 0.05) is 90.3 Å². The smallest absolute Gasteiger partial charge is 0.324 e. The van der Waals surface area contributed by atoms with Crippen molar-refractivity contribution in [2.24, 2.45) is 17.3 Å². The van der Waals surface area contributed by atoms with E-state index in [0.717, 1.165) is 44.4 Å². The maximum Gasteiger partial charge on any atom is 0.324 e. The predicted molar refractivity (Wildman–Crippen MR) is 232 cm³/mol. The zero-order valence-corrected chi connectivity index (χ0v) is 37.2. The van der Waals surface area contributed by atoms with E-state index < -0.39 is 57.3 Å². The number of rotatable bonds is 9. The quantitative estimate of drug-likeness (QED) is 0.230. The Hall–Kier alpha value is -5.04. The number of aromatic nitrogens is 4. The summed E-state index contributed by atoms with van der Waals surface area (Å²) in [4.78, 5) is 71.4. The first kappa shape index (κ1) is 44.0. The fourth-order valence-electron chi connectivity index (χ4n) is 8.83. The number of carbonyl (C=O) groups excluding carboxylic acids is 4. The molecular weight excluding hydrogens is 819 g/mol. The van der Waals surface area contributed by atoms with Crippen molar-refractivity contribution in [2.45, 2.75) is 91.4 Å². The van der Waals surface area contributed by atoms with Gasteiger partial charge in [0.25, 0.3) is 5.91 Å². The number of sulfonamides is 1. The van der Waals surface area contributed by atoms with Crippen LogP contribution in [0.25, 0.3) is 33.4 Å². The van der Waals surface area contributed by atoms with Crippen LogP contribution in [0.4, 0.5) is 0 Å². The summed E-state index contributed by atoms with van der Waals surface area (Å²) in [5.74, 6) is -2.83. The highest BCUT2D eigenvalue weighted by Crippen LogP contribution is 2.40. The average Bonchev–Trinajstić information content (AvgIpc) is 4.00. The highest BCUT2D eigenvalue weighted by molar-refractivity contribution is 7.92. The number of ether oxygens (including phenoxy) is 1. The van der Waals surface area contributed by atoms with Crippen LogP contribution in [0.15, 0.2) is 54.3 Å². The minimum absolute atomic E-state index is 0.0129. The van der Waals surface area contributed by atoms with Gasteiger partial charge >= 0.3 is 5.97 Å². The maximum absolute atomic E-state index is 14.5. The molecule has 7 rings (SSSR count). The number of fused-ring (bicyclic) bond motifs is 6. The summed E-state index contributed by atoms with van der Waals surface area (Å²) in [6.07, 6.45) is 7.05. The summed E-state index contributed by atoms with van der Waals surface area (Å²) in [6.45, 7) is 14.5. The number of carbonyl (C=O) groups is 4. The van der Waals surface area contributed by atoms with Crippen LogP contribution >= 0.6 is 11.3 Å². The molecular formula is C43H55N9O7S2. The number of nitrogens with zero attached hydrogens (tertiary/aromatic N) is 7. The number of hydrogen-bond acceptors (Lipinski definition) is 12. The Balaban J connectivity index is 1.24. The van der Waals surface area contributed by atoms with Gasteiger partial charge in [0.1, 0.15) is 24.5 Å². The molecule has 6 bridgehead atoms. The number of hydrogen-bond donors (Lipinski definition) is 2. The first-order chi connectivity index (χ1) is 29.0. The Bertz CT molecular complexity index is 2430. The summed E-state index contributed by atoms with van der Waals surface area (Å²) < 4.78 is 34.4. The standard InChI is InChI=1S/C43H55N9O7S2/c1-8-51-35-13-12-27-17-30(35)31(38(51)29-20-44-25-45-21-29)19-43(5,6)24-59-42(56)32-11-10-15-52(48-32)41(55)33(18-36-46-34(27)23-60-36)47-39(53)37(26(3)4)49(7)40(54)28-14-16-50(22-28)61(57,58)9-2/h9,12-13,17,20-21,23,25-26,28,32-33,37,48H,2,8,10-11,14-16,18-19,22,24H2,1,3-7H3,(H,47,53)/t28-,32-,33-,37?/m0/s1. The molecule has 4 aromatic rings. The third-order valence-corrected chi connectivity index (χ3v) is 14.2. The lowest BCUT2D eigenvalue weighted by Gasteiger charge is -2.36. The van der Waals surface area contributed by atoms with Gasteiger partial charge in [0.2, 0.25) is 21.8 Å². The molecule has 0 spiro atoms. The molecule has 6 heterocycles. The van der Waals surface area contributed by atoms with Gasteiger partial charge in [-0.25, -0.2) is 28.8 Å². The lowest BCUT2D eigenvalue weighted by Crippen LogP contribution is -2.62. The summed E-state index contributed by atoms with van der Waals surface area (Å²) in [5.41, 5.74) is 8.20. The fourth-order valence-corrected chi connectivity index (χ4v) is 10.6. The van der Waals surface area contributed by atoms with E-state index in [1.807, 2.05) is 37.7 Å². The second-order valence-corrected chi connectivity index (χ2v) is 20.1. The number of hydrazine groups is 1. The second kappa shape index (κ2) is 17.7. The van der Waals surface area contributed by atoms with E-state index in [1.54, 1.807) is 0 Å². The Labute approximate surface area is 360 Å². The fraction of sp³-hybridized carbons (Fsp3) is 0.512. The van der Waals surface area contributed by atoms with Crippen LogP contribution in [0.5, 0.6) is 0 Å². The number of likely N-dealkylation sites (N-methyl/N-ethyl adjacent to an activating group) is 1. The van der Waals surface area contributed by atoms with Crippen LogP contribution in [0, 0.1) is 17.3 Å². The van der Waals surface area contributed by atoms with Gasteiger partial charge in [-0.1, -0.05) is 40.3 Å².